The summed E-state index contributed by atoms with van der Waals surface area (Å²) in [5.74, 6) is -0.512. The summed E-state index contributed by atoms with van der Waals surface area (Å²) in [6.45, 7) is 4.16. The first kappa shape index (κ1) is 13.5. The minimum Gasteiger partial charge on any atom is -0.329 e. The molecule has 1 aromatic carbocycles. The lowest BCUT2D eigenvalue weighted by molar-refractivity contribution is 0.502. The maximum Gasteiger partial charge on any atom is 0.135 e. The predicted molar refractivity (Wildman–Crippen MR) is 69.5 cm³/mol. The first-order valence-corrected chi connectivity index (χ1v) is 5.93. The summed E-state index contributed by atoms with van der Waals surface area (Å²) < 4.78 is 26.9. The Kier molecular flexibility index (Phi) is 3.57. The molecule has 1 heterocycles. The Morgan fingerprint density at radius 1 is 1.21 bits per heavy atom. The lowest BCUT2D eigenvalue weighted by Gasteiger charge is -2.20. The number of nitrogens with two attached hydrogens (primary N) is 1. The standard InChI is InChI=1S/C14H15F2N3/c1-14(2,8-17)13-18-6-5-12(19-13)10-7-9(15)3-4-11(10)16/h3-7H,8,17H2,1-2H3. The molecule has 0 aliphatic heterocycles. The highest BCUT2D eigenvalue weighted by Gasteiger charge is 2.22. The maximum absolute atomic E-state index is 13.7. The number of nitrogens with zero attached hydrogens (tertiary/aromatic N) is 2. The van der Waals surface area contributed by atoms with Crippen molar-refractivity contribution in [2.24, 2.45) is 5.73 Å². The highest BCUT2D eigenvalue weighted by atomic mass is 19.1. The molecular weight excluding hydrogens is 248 g/mol. The molecule has 5 heteroatoms. The zero-order valence-electron chi connectivity index (χ0n) is 10.8. The van der Waals surface area contributed by atoms with E-state index in [1.807, 2.05) is 13.8 Å². The molecule has 1 aromatic heterocycles. The van der Waals surface area contributed by atoms with Crippen molar-refractivity contribution in [3.63, 3.8) is 0 Å². The molecule has 19 heavy (non-hydrogen) atoms. The fraction of sp³-hybridized carbons (Fsp3) is 0.286. The summed E-state index contributed by atoms with van der Waals surface area (Å²) in [5.41, 5.74) is 5.72. The zero-order chi connectivity index (χ0) is 14.0. The zero-order valence-corrected chi connectivity index (χ0v) is 10.8. The quantitative estimate of drug-likeness (QED) is 0.926. The normalized spacial score (nSPS) is 11.6. The Balaban J connectivity index is 2.52. The summed E-state index contributed by atoms with van der Waals surface area (Å²) in [6, 6.07) is 4.83. The van der Waals surface area contributed by atoms with Crippen LogP contribution in [-0.2, 0) is 5.41 Å². The Morgan fingerprint density at radius 2 is 1.95 bits per heavy atom. The van der Waals surface area contributed by atoms with E-state index < -0.39 is 17.0 Å². The van der Waals surface area contributed by atoms with E-state index in [4.69, 9.17) is 5.73 Å². The highest BCUT2D eigenvalue weighted by molar-refractivity contribution is 5.59. The van der Waals surface area contributed by atoms with Crippen molar-refractivity contribution < 1.29 is 8.78 Å². The van der Waals surface area contributed by atoms with E-state index in [0.717, 1.165) is 18.2 Å². The molecule has 0 bridgehead atoms. The molecule has 3 nitrogen and oxygen atoms in total. The van der Waals surface area contributed by atoms with Crippen molar-refractivity contribution in [2.45, 2.75) is 19.3 Å². The SMILES string of the molecule is CC(C)(CN)c1nccc(-c2cc(F)ccc2F)n1. The number of benzene rings is 1. The Labute approximate surface area is 110 Å². The number of halogens is 2. The van der Waals surface area contributed by atoms with Gasteiger partial charge in [0.1, 0.15) is 17.5 Å². The first-order chi connectivity index (χ1) is 8.94. The van der Waals surface area contributed by atoms with Crippen molar-refractivity contribution in [1.29, 1.82) is 0 Å². The van der Waals surface area contributed by atoms with Crippen LogP contribution in [0.25, 0.3) is 11.3 Å². The van der Waals surface area contributed by atoms with Crippen molar-refractivity contribution >= 4 is 0 Å². The van der Waals surface area contributed by atoms with Crippen LogP contribution in [-0.4, -0.2) is 16.5 Å². The fourth-order valence-electron chi connectivity index (χ4n) is 1.62. The van der Waals surface area contributed by atoms with E-state index in [-0.39, 0.29) is 5.56 Å². The fourth-order valence-corrected chi connectivity index (χ4v) is 1.62. The van der Waals surface area contributed by atoms with E-state index in [1.165, 1.54) is 6.20 Å². The molecule has 0 fully saturated rings. The summed E-state index contributed by atoms with van der Waals surface area (Å²) in [6.07, 6.45) is 1.53. The van der Waals surface area contributed by atoms with Crippen molar-refractivity contribution in [1.82, 2.24) is 9.97 Å². The van der Waals surface area contributed by atoms with E-state index in [0.29, 0.717) is 18.1 Å². The molecule has 100 valence electrons. The minimum atomic E-state index is -0.517. The summed E-state index contributed by atoms with van der Waals surface area (Å²) in [7, 11) is 0. The monoisotopic (exact) mass is 263 g/mol. The Hall–Kier alpha value is -1.88. The second-order valence-corrected chi connectivity index (χ2v) is 4.98. The van der Waals surface area contributed by atoms with Gasteiger partial charge in [-0.3, -0.25) is 0 Å². The third-order valence-corrected chi connectivity index (χ3v) is 2.98. The lowest BCUT2D eigenvalue weighted by atomic mass is 9.92. The van der Waals surface area contributed by atoms with Crippen LogP contribution < -0.4 is 5.73 Å². The van der Waals surface area contributed by atoms with Gasteiger partial charge in [0.25, 0.3) is 0 Å². The summed E-state index contributed by atoms with van der Waals surface area (Å²) in [4.78, 5) is 8.44. The predicted octanol–water partition coefficient (Wildman–Crippen LogP) is 2.66. The van der Waals surface area contributed by atoms with Crippen LogP contribution in [0, 0.1) is 11.6 Å². The molecule has 0 spiro atoms. The molecule has 2 rings (SSSR count). The van der Waals surface area contributed by atoms with Crippen molar-refractivity contribution in [3.8, 4) is 11.3 Å². The van der Waals surface area contributed by atoms with Gasteiger partial charge in [-0.1, -0.05) is 13.8 Å². The number of rotatable bonds is 3. The molecule has 0 saturated carbocycles. The van der Waals surface area contributed by atoms with Crippen LogP contribution in [0.4, 0.5) is 8.78 Å². The van der Waals surface area contributed by atoms with E-state index in [9.17, 15) is 8.78 Å². The van der Waals surface area contributed by atoms with E-state index in [1.54, 1.807) is 6.07 Å². The van der Waals surface area contributed by atoms with Crippen molar-refractivity contribution in [3.05, 3.63) is 47.9 Å². The molecule has 0 amide bonds. The van der Waals surface area contributed by atoms with E-state index in [2.05, 4.69) is 9.97 Å². The van der Waals surface area contributed by atoms with Gasteiger partial charge in [0, 0.05) is 23.7 Å². The Bertz CT molecular complexity index is 597. The van der Waals surface area contributed by atoms with Gasteiger partial charge >= 0.3 is 0 Å². The first-order valence-electron chi connectivity index (χ1n) is 5.93. The van der Waals surface area contributed by atoms with Gasteiger partial charge in [-0.2, -0.15) is 0 Å². The van der Waals surface area contributed by atoms with Crippen LogP contribution >= 0.6 is 0 Å². The molecule has 0 atom stereocenters. The third-order valence-electron chi connectivity index (χ3n) is 2.98. The van der Waals surface area contributed by atoms with Gasteiger partial charge in [0.2, 0.25) is 0 Å². The Morgan fingerprint density at radius 3 is 2.63 bits per heavy atom. The molecule has 2 aromatic rings. The van der Waals surface area contributed by atoms with Gasteiger partial charge in [-0.15, -0.1) is 0 Å². The van der Waals surface area contributed by atoms with Crippen LogP contribution in [0.3, 0.4) is 0 Å². The maximum atomic E-state index is 13.7. The second kappa shape index (κ2) is 5.01. The average Bonchev–Trinajstić information content (AvgIpc) is 2.41. The van der Waals surface area contributed by atoms with Crippen LogP contribution in [0.2, 0.25) is 0 Å². The van der Waals surface area contributed by atoms with Gasteiger partial charge in [0.05, 0.1) is 5.69 Å². The van der Waals surface area contributed by atoms with Gasteiger partial charge < -0.3 is 5.73 Å². The molecule has 0 aliphatic carbocycles. The topological polar surface area (TPSA) is 51.8 Å². The molecule has 0 radical (unpaired) electrons. The minimum absolute atomic E-state index is 0.122. The summed E-state index contributed by atoms with van der Waals surface area (Å²) >= 11 is 0. The largest absolute Gasteiger partial charge is 0.329 e. The molecule has 0 saturated heterocycles. The number of hydrogen-bond acceptors (Lipinski definition) is 3. The van der Waals surface area contributed by atoms with Crippen LogP contribution in [0.15, 0.2) is 30.5 Å². The molecular formula is C14H15F2N3. The van der Waals surface area contributed by atoms with Crippen LogP contribution in [0.1, 0.15) is 19.7 Å². The summed E-state index contributed by atoms with van der Waals surface area (Å²) in [5, 5.41) is 0. The lowest BCUT2D eigenvalue weighted by Crippen LogP contribution is -2.30. The molecule has 2 N–H and O–H groups in total. The highest BCUT2D eigenvalue weighted by Crippen LogP contribution is 2.24. The number of hydrogen-bond donors (Lipinski definition) is 1. The smallest absolute Gasteiger partial charge is 0.135 e. The van der Waals surface area contributed by atoms with Gasteiger partial charge in [0.15, 0.2) is 0 Å². The average molecular weight is 263 g/mol. The molecule has 0 unspecified atom stereocenters. The second-order valence-electron chi connectivity index (χ2n) is 4.98. The van der Waals surface area contributed by atoms with Crippen molar-refractivity contribution in [2.75, 3.05) is 6.54 Å². The number of aromatic nitrogens is 2. The van der Waals surface area contributed by atoms with Gasteiger partial charge in [-0.25, -0.2) is 18.7 Å². The third kappa shape index (κ3) is 2.76. The van der Waals surface area contributed by atoms with Gasteiger partial charge in [-0.05, 0) is 24.3 Å². The van der Waals surface area contributed by atoms with Crippen LogP contribution in [0.5, 0.6) is 0 Å². The molecule has 0 aliphatic rings. The van der Waals surface area contributed by atoms with E-state index >= 15 is 0 Å².